The quantitative estimate of drug-likeness (QED) is 0.321. The highest BCUT2D eigenvalue weighted by atomic mass is 16.5. The van der Waals surface area contributed by atoms with Gasteiger partial charge in [0.1, 0.15) is 6.10 Å². The number of aliphatic carboxylic acids is 1. The lowest BCUT2D eigenvalue weighted by Crippen LogP contribution is -2.29. The van der Waals surface area contributed by atoms with Gasteiger partial charge in [0, 0.05) is 0 Å². The van der Waals surface area contributed by atoms with Crippen molar-refractivity contribution in [3.63, 3.8) is 0 Å². The summed E-state index contributed by atoms with van der Waals surface area (Å²) in [4.78, 5) is 23.3. The maximum Gasteiger partial charge on any atom is 0.309 e. The van der Waals surface area contributed by atoms with Gasteiger partial charge in [-0.05, 0) is 50.9 Å². The SMILES string of the molecule is CCC(CCCCCCCCC(C)C)OC(=O)C1CCC(C(=O)O)CC1. The Labute approximate surface area is 160 Å². The van der Waals surface area contributed by atoms with Gasteiger partial charge in [0.25, 0.3) is 0 Å². The highest BCUT2D eigenvalue weighted by Crippen LogP contribution is 2.30. The van der Waals surface area contributed by atoms with E-state index in [4.69, 9.17) is 9.84 Å². The van der Waals surface area contributed by atoms with Crippen LogP contribution in [0.2, 0.25) is 0 Å². The van der Waals surface area contributed by atoms with Crippen LogP contribution in [-0.4, -0.2) is 23.1 Å². The van der Waals surface area contributed by atoms with Crippen LogP contribution >= 0.6 is 0 Å². The molecule has 0 saturated heterocycles. The van der Waals surface area contributed by atoms with Crippen molar-refractivity contribution in [2.75, 3.05) is 0 Å². The lowest BCUT2D eigenvalue weighted by atomic mass is 9.82. The van der Waals surface area contributed by atoms with Gasteiger partial charge in [-0.1, -0.05) is 59.3 Å². The molecule has 1 aliphatic carbocycles. The molecule has 4 heteroatoms. The Morgan fingerprint density at radius 1 is 0.885 bits per heavy atom. The molecule has 0 aromatic rings. The number of carbonyl (C=O) groups excluding carboxylic acids is 1. The van der Waals surface area contributed by atoms with Gasteiger partial charge < -0.3 is 9.84 Å². The molecule has 1 unspecified atom stereocenters. The van der Waals surface area contributed by atoms with Crippen molar-refractivity contribution < 1.29 is 19.4 Å². The van der Waals surface area contributed by atoms with Crippen LogP contribution in [0.5, 0.6) is 0 Å². The molecule has 1 fully saturated rings. The molecule has 26 heavy (non-hydrogen) atoms. The van der Waals surface area contributed by atoms with Gasteiger partial charge in [-0.3, -0.25) is 9.59 Å². The van der Waals surface area contributed by atoms with E-state index in [1.165, 1.54) is 38.5 Å². The third kappa shape index (κ3) is 9.59. The molecule has 0 bridgehead atoms. The summed E-state index contributed by atoms with van der Waals surface area (Å²) >= 11 is 0. The van der Waals surface area contributed by atoms with E-state index in [0.717, 1.165) is 25.2 Å². The molecule has 1 atom stereocenters. The van der Waals surface area contributed by atoms with Crippen molar-refractivity contribution in [2.45, 2.75) is 110 Å². The molecular formula is C22H40O4. The molecule has 1 saturated carbocycles. The Morgan fingerprint density at radius 2 is 1.38 bits per heavy atom. The monoisotopic (exact) mass is 368 g/mol. The lowest BCUT2D eigenvalue weighted by molar-refractivity contribution is -0.157. The molecule has 152 valence electrons. The van der Waals surface area contributed by atoms with Crippen LogP contribution in [0.1, 0.15) is 104 Å². The van der Waals surface area contributed by atoms with E-state index in [9.17, 15) is 9.59 Å². The summed E-state index contributed by atoms with van der Waals surface area (Å²) in [6, 6.07) is 0. The summed E-state index contributed by atoms with van der Waals surface area (Å²) in [6.07, 6.45) is 13.3. The highest BCUT2D eigenvalue weighted by molar-refractivity contribution is 5.74. The van der Waals surface area contributed by atoms with E-state index in [1.807, 2.05) is 0 Å². The fourth-order valence-electron chi connectivity index (χ4n) is 3.81. The Bertz CT molecular complexity index is 397. The molecule has 4 nitrogen and oxygen atoms in total. The van der Waals surface area contributed by atoms with Crippen molar-refractivity contribution in [2.24, 2.45) is 17.8 Å². The van der Waals surface area contributed by atoms with E-state index < -0.39 is 5.97 Å². The molecule has 0 heterocycles. The van der Waals surface area contributed by atoms with Gasteiger partial charge in [-0.15, -0.1) is 0 Å². The minimum absolute atomic E-state index is 0.0284. The van der Waals surface area contributed by atoms with Gasteiger partial charge in [0.05, 0.1) is 11.8 Å². The number of hydrogen-bond donors (Lipinski definition) is 1. The first-order valence-electron chi connectivity index (χ1n) is 10.9. The molecule has 0 aromatic heterocycles. The van der Waals surface area contributed by atoms with E-state index in [1.54, 1.807) is 0 Å². The summed E-state index contributed by atoms with van der Waals surface area (Å²) in [5.74, 6) is -0.391. The zero-order chi connectivity index (χ0) is 19.4. The standard InChI is InChI=1S/C22H40O4/c1-4-20(12-10-8-6-5-7-9-11-17(2)3)26-22(25)19-15-13-18(14-16-19)21(23)24/h17-20H,4-16H2,1-3H3,(H,23,24). The summed E-state index contributed by atoms with van der Waals surface area (Å²) in [5, 5.41) is 9.04. The average Bonchev–Trinajstić information content (AvgIpc) is 2.62. The smallest absolute Gasteiger partial charge is 0.309 e. The van der Waals surface area contributed by atoms with Gasteiger partial charge in [0.15, 0.2) is 0 Å². The summed E-state index contributed by atoms with van der Waals surface area (Å²) < 4.78 is 5.72. The first-order valence-corrected chi connectivity index (χ1v) is 10.9. The molecule has 1 rings (SSSR count). The number of rotatable bonds is 13. The van der Waals surface area contributed by atoms with Crippen LogP contribution in [0.3, 0.4) is 0 Å². The van der Waals surface area contributed by atoms with Crippen molar-refractivity contribution in [3.8, 4) is 0 Å². The number of hydrogen-bond acceptors (Lipinski definition) is 3. The number of ether oxygens (including phenoxy) is 1. The first-order chi connectivity index (χ1) is 12.4. The van der Waals surface area contributed by atoms with Crippen LogP contribution in [0.25, 0.3) is 0 Å². The number of carbonyl (C=O) groups is 2. The molecular weight excluding hydrogens is 328 g/mol. The zero-order valence-electron chi connectivity index (χ0n) is 17.2. The molecule has 0 radical (unpaired) electrons. The van der Waals surface area contributed by atoms with Crippen molar-refractivity contribution in [1.82, 2.24) is 0 Å². The molecule has 1 aliphatic rings. The minimum atomic E-state index is -0.729. The second-order valence-corrected chi connectivity index (χ2v) is 8.45. The van der Waals surface area contributed by atoms with Gasteiger partial charge in [0.2, 0.25) is 0 Å². The molecule has 1 N–H and O–H groups in total. The van der Waals surface area contributed by atoms with E-state index in [0.29, 0.717) is 25.7 Å². The minimum Gasteiger partial charge on any atom is -0.481 e. The third-order valence-corrected chi connectivity index (χ3v) is 5.71. The predicted octanol–water partition coefficient (Wildman–Crippen LogP) is 5.98. The fraction of sp³-hybridized carbons (Fsp3) is 0.909. The number of esters is 1. The average molecular weight is 369 g/mol. The molecule has 0 spiro atoms. The predicted molar refractivity (Wildman–Crippen MR) is 105 cm³/mol. The Kier molecular flexibility index (Phi) is 11.6. The van der Waals surface area contributed by atoms with E-state index in [2.05, 4.69) is 20.8 Å². The third-order valence-electron chi connectivity index (χ3n) is 5.71. The van der Waals surface area contributed by atoms with Crippen LogP contribution in [-0.2, 0) is 14.3 Å². The molecule has 0 aliphatic heterocycles. The fourth-order valence-corrected chi connectivity index (χ4v) is 3.81. The number of unbranched alkanes of at least 4 members (excludes halogenated alkanes) is 5. The number of carboxylic acids is 1. The Hall–Kier alpha value is -1.06. The van der Waals surface area contributed by atoms with Crippen LogP contribution in [0, 0.1) is 17.8 Å². The van der Waals surface area contributed by atoms with Crippen LogP contribution in [0.15, 0.2) is 0 Å². The first kappa shape index (κ1) is 23.0. The lowest BCUT2D eigenvalue weighted by Gasteiger charge is -2.26. The Balaban J connectivity index is 2.12. The van der Waals surface area contributed by atoms with Crippen molar-refractivity contribution >= 4 is 11.9 Å². The number of carboxylic acid groups (broad SMARTS) is 1. The van der Waals surface area contributed by atoms with Gasteiger partial charge >= 0.3 is 11.9 Å². The van der Waals surface area contributed by atoms with Crippen LogP contribution < -0.4 is 0 Å². The van der Waals surface area contributed by atoms with Crippen LogP contribution in [0.4, 0.5) is 0 Å². The van der Waals surface area contributed by atoms with Gasteiger partial charge in [-0.25, -0.2) is 0 Å². The van der Waals surface area contributed by atoms with Gasteiger partial charge in [-0.2, -0.15) is 0 Å². The summed E-state index contributed by atoms with van der Waals surface area (Å²) in [7, 11) is 0. The molecule has 0 aromatic carbocycles. The maximum atomic E-state index is 12.3. The maximum absolute atomic E-state index is 12.3. The Morgan fingerprint density at radius 3 is 1.88 bits per heavy atom. The van der Waals surface area contributed by atoms with Crippen molar-refractivity contribution in [3.05, 3.63) is 0 Å². The zero-order valence-corrected chi connectivity index (χ0v) is 17.2. The second kappa shape index (κ2) is 13.2. The van der Waals surface area contributed by atoms with E-state index >= 15 is 0 Å². The summed E-state index contributed by atoms with van der Waals surface area (Å²) in [5.41, 5.74) is 0. The second-order valence-electron chi connectivity index (χ2n) is 8.45. The normalized spacial score (nSPS) is 21.5. The van der Waals surface area contributed by atoms with Crippen molar-refractivity contribution in [1.29, 1.82) is 0 Å². The molecule has 0 amide bonds. The highest BCUT2D eigenvalue weighted by Gasteiger charge is 2.31. The summed E-state index contributed by atoms with van der Waals surface area (Å²) in [6.45, 7) is 6.64. The van der Waals surface area contributed by atoms with E-state index in [-0.39, 0.29) is 23.9 Å². The largest absolute Gasteiger partial charge is 0.481 e. The topological polar surface area (TPSA) is 63.6 Å².